The molecule has 0 heterocycles. The van der Waals surface area contributed by atoms with Gasteiger partial charge < -0.3 is 14.2 Å². The maximum Gasteiger partial charge on any atom is 0.455 e. The average molecular weight is 388 g/mol. The molecule has 0 saturated carbocycles. The Morgan fingerprint density at radius 3 is 1.92 bits per heavy atom. The molecule has 4 nitrogen and oxygen atoms in total. The summed E-state index contributed by atoms with van der Waals surface area (Å²) in [5.41, 5.74) is -1.25. The number of carbonyl (C=O) groups excluding carboxylic acids is 1. The van der Waals surface area contributed by atoms with Crippen molar-refractivity contribution in [1.82, 2.24) is 0 Å². The first-order chi connectivity index (χ1) is 11.8. The number of rotatable bonds is 7. The van der Waals surface area contributed by atoms with Crippen molar-refractivity contribution in [1.29, 1.82) is 0 Å². The number of alkyl halides is 6. The van der Waals surface area contributed by atoms with Gasteiger partial charge in [-0.1, -0.05) is 0 Å². The van der Waals surface area contributed by atoms with Gasteiger partial charge >= 0.3 is 23.9 Å². The standard InChI is InChI=1S/C16H18F6O4/c1-5-26-15(19,16(20,21)22)14(17,18)11-6-9(2)13(10(3)7-11)25-8-12(23)24-4/h6-7H,5,8H2,1-4H3. The average Bonchev–Trinajstić information content (AvgIpc) is 2.52. The summed E-state index contributed by atoms with van der Waals surface area (Å²) in [6.07, 6.45) is -5.96. The minimum absolute atomic E-state index is 0.00262. The van der Waals surface area contributed by atoms with Gasteiger partial charge in [-0.05, 0) is 44.0 Å². The lowest BCUT2D eigenvalue weighted by Crippen LogP contribution is -2.55. The number of benzene rings is 1. The number of esters is 1. The lowest BCUT2D eigenvalue weighted by molar-refractivity contribution is -0.404. The van der Waals surface area contributed by atoms with Crippen LogP contribution in [0.25, 0.3) is 0 Å². The molecule has 10 heteroatoms. The summed E-state index contributed by atoms with van der Waals surface area (Å²) < 4.78 is 95.2. The highest BCUT2D eigenvalue weighted by Crippen LogP contribution is 2.52. The van der Waals surface area contributed by atoms with Crippen LogP contribution in [0.4, 0.5) is 26.3 Å². The summed E-state index contributed by atoms with van der Waals surface area (Å²) >= 11 is 0. The van der Waals surface area contributed by atoms with Gasteiger partial charge in [0.2, 0.25) is 0 Å². The molecule has 0 saturated heterocycles. The molecule has 0 bridgehead atoms. The molecule has 1 rings (SSSR count). The molecule has 26 heavy (non-hydrogen) atoms. The molecule has 0 radical (unpaired) electrons. The van der Waals surface area contributed by atoms with Crippen molar-refractivity contribution in [3.8, 4) is 5.75 Å². The Kier molecular flexibility index (Phi) is 6.56. The first-order valence-corrected chi connectivity index (χ1v) is 7.40. The summed E-state index contributed by atoms with van der Waals surface area (Å²) in [6.45, 7) is 2.07. The Bertz CT molecular complexity index is 636. The molecular weight excluding hydrogens is 370 g/mol. The highest BCUT2D eigenvalue weighted by Gasteiger charge is 2.73. The van der Waals surface area contributed by atoms with Crippen molar-refractivity contribution in [2.75, 3.05) is 20.3 Å². The van der Waals surface area contributed by atoms with Gasteiger partial charge in [-0.3, -0.25) is 0 Å². The molecule has 0 aliphatic carbocycles. The van der Waals surface area contributed by atoms with Crippen LogP contribution in [-0.4, -0.2) is 38.3 Å². The van der Waals surface area contributed by atoms with Crippen molar-refractivity contribution in [3.63, 3.8) is 0 Å². The molecule has 1 unspecified atom stereocenters. The van der Waals surface area contributed by atoms with E-state index < -0.39 is 42.7 Å². The number of hydrogen-bond donors (Lipinski definition) is 0. The third kappa shape index (κ3) is 4.05. The second kappa shape index (κ2) is 7.73. The van der Waals surface area contributed by atoms with Gasteiger partial charge in [-0.2, -0.15) is 26.3 Å². The zero-order valence-electron chi connectivity index (χ0n) is 14.5. The highest BCUT2D eigenvalue weighted by molar-refractivity contribution is 5.71. The van der Waals surface area contributed by atoms with Crippen LogP contribution < -0.4 is 4.74 Å². The first kappa shape index (κ1) is 22.1. The molecule has 0 fully saturated rings. The van der Waals surface area contributed by atoms with Crippen LogP contribution in [0.15, 0.2) is 12.1 Å². The fraction of sp³-hybridized carbons (Fsp3) is 0.562. The van der Waals surface area contributed by atoms with E-state index in [4.69, 9.17) is 4.74 Å². The van der Waals surface area contributed by atoms with Crippen molar-refractivity contribution in [2.45, 2.75) is 38.7 Å². The van der Waals surface area contributed by atoms with E-state index in [1.165, 1.54) is 13.8 Å². The number of hydrogen-bond acceptors (Lipinski definition) is 4. The van der Waals surface area contributed by atoms with Gasteiger partial charge in [0.15, 0.2) is 6.61 Å². The van der Waals surface area contributed by atoms with E-state index in [2.05, 4.69) is 9.47 Å². The van der Waals surface area contributed by atoms with E-state index in [-0.39, 0.29) is 16.9 Å². The largest absolute Gasteiger partial charge is 0.481 e. The third-order valence-electron chi connectivity index (χ3n) is 3.50. The number of halogens is 6. The summed E-state index contributed by atoms with van der Waals surface area (Å²) in [5, 5.41) is 0. The van der Waals surface area contributed by atoms with E-state index in [1.54, 1.807) is 0 Å². The minimum Gasteiger partial charge on any atom is -0.481 e. The van der Waals surface area contributed by atoms with Gasteiger partial charge in [0.25, 0.3) is 0 Å². The lowest BCUT2D eigenvalue weighted by Gasteiger charge is -2.34. The van der Waals surface area contributed by atoms with Crippen LogP contribution in [0.1, 0.15) is 23.6 Å². The minimum atomic E-state index is -5.96. The predicted molar refractivity (Wildman–Crippen MR) is 78.8 cm³/mol. The van der Waals surface area contributed by atoms with Gasteiger partial charge in [-0.25, -0.2) is 4.79 Å². The van der Waals surface area contributed by atoms with Crippen molar-refractivity contribution in [3.05, 3.63) is 28.8 Å². The molecular formula is C16H18F6O4. The van der Waals surface area contributed by atoms with Crippen molar-refractivity contribution < 1.29 is 45.3 Å². The summed E-state index contributed by atoms with van der Waals surface area (Å²) in [7, 11) is 1.11. The molecule has 0 aliphatic heterocycles. The van der Waals surface area contributed by atoms with E-state index in [0.717, 1.165) is 14.0 Å². The van der Waals surface area contributed by atoms with Crippen LogP contribution in [-0.2, 0) is 20.2 Å². The molecule has 1 aromatic rings. The number of ether oxygens (including phenoxy) is 3. The Morgan fingerprint density at radius 2 is 1.54 bits per heavy atom. The fourth-order valence-corrected chi connectivity index (χ4v) is 2.28. The SMILES string of the molecule is CCOC(F)(C(F)(F)F)C(F)(F)c1cc(C)c(OCC(=O)OC)c(C)c1. The zero-order valence-corrected chi connectivity index (χ0v) is 14.5. The lowest BCUT2D eigenvalue weighted by atomic mass is 9.96. The van der Waals surface area contributed by atoms with Crippen LogP contribution in [0.3, 0.4) is 0 Å². The quantitative estimate of drug-likeness (QED) is 0.519. The number of carbonyl (C=O) groups is 1. The normalized spacial score (nSPS) is 14.7. The fourth-order valence-electron chi connectivity index (χ4n) is 2.28. The topological polar surface area (TPSA) is 44.8 Å². The van der Waals surface area contributed by atoms with Crippen LogP contribution in [0.2, 0.25) is 0 Å². The third-order valence-corrected chi connectivity index (χ3v) is 3.50. The van der Waals surface area contributed by atoms with Crippen molar-refractivity contribution >= 4 is 5.97 Å². The molecule has 0 spiro atoms. The van der Waals surface area contributed by atoms with E-state index in [9.17, 15) is 31.1 Å². The Labute approximate surface area is 146 Å². The molecule has 1 aromatic carbocycles. The van der Waals surface area contributed by atoms with Crippen LogP contribution >= 0.6 is 0 Å². The molecule has 0 aromatic heterocycles. The Morgan fingerprint density at radius 1 is 1.04 bits per heavy atom. The second-order valence-electron chi connectivity index (χ2n) is 5.40. The maximum absolute atomic E-state index is 14.4. The van der Waals surface area contributed by atoms with Crippen LogP contribution in [0.5, 0.6) is 5.75 Å². The van der Waals surface area contributed by atoms with E-state index in [0.29, 0.717) is 12.1 Å². The summed E-state index contributed by atoms with van der Waals surface area (Å²) in [6, 6.07) is 1.30. The number of methoxy groups -OCH3 is 1. The van der Waals surface area contributed by atoms with Gasteiger partial charge in [0.05, 0.1) is 7.11 Å². The molecule has 0 amide bonds. The molecule has 0 N–H and O–H groups in total. The monoisotopic (exact) mass is 388 g/mol. The van der Waals surface area contributed by atoms with Crippen molar-refractivity contribution in [2.24, 2.45) is 0 Å². The van der Waals surface area contributed by atoms with Gasteiger partial charge in [0.1, 0.15) is 5.75 Å². The van der Waals surface area contributed by atoms with E-state index in [1.807, 2.05) is 0 Å². The van der Waals surface area contributed by atoms with E-state index >= 15 is 0 Å². The van der Waals surface area contributed by atoms with Gasteiger partial charge in [-0.15, -0.1) is 0 Å². The Balaban J connectivity index is 3.35. The molecule has 148 valence electrons. The first-order valence-electron chi connectivity index (χ1n) is 7.40. The summed E-state index contributed by atoms with van der Waals surface area (Å²) in [4.78, 5) is 11.1. The van der Waals surface area contributed by atoms with Gasteiger partial charge in [0, 0.05) is 12.2 Å². The zero-order chi connectivity index (χ0) is 20.3. The van der Waals surface area contributed by atoms with Crippen LogP contribution in [0, 0.1) is 13.8 Å². The Hall–Kier alpha value is -1.97. The molecule has 0 aliphatic rings. The highest BCUT2D eigenvalue weighted by atomic mass is 19.4. The number of aryl methyl sites for hydroxylation is 2. The maximum atomic E-state index is 14.4. The smallest absolute Gasteiger partial charge is 0.455 e. The molecule has 1 atom stereocenters. The second-order valence-corrected chi connectivity index (χ2v) is 5.40. The predicted octanol–water partition coefficient (Wildman–Crippen LogP) is 4.21. The summed E-state index contributed by atoms with van der Waals surface area (Å²) in [5.74, 6) is -10.9.